The normalized spacial score (nSPS) is 19.7. The third-order valence-electron chi connectivity index (χ3n) is 5.06. The smallest absolute Gasteiger partial charge is 0.338 e. The average molecular weight is 468 g/mol. The van der Waals surface area contributed by atoms with E-state index in [2.05, 4.69) is 0 Å². The summed E-state index contributed by atoms with van der Waals surface area (Å²) in [5, 5.41) is -0.668. The highest BCUT2D eigenvalue weighted by molar-refractivity contribution is 8.18. The minimum Gasteiger partial charge on any atom is -0.462 e. The number of amides is 4. The lowest BCUT2D eigenvalue weighted by Crippen LogP contribution is -2.44. The third-order valence-corrected chi connectivity index (χ3v) is 5.95. The molecule has 0 N–H and O–H groups in total. The topological polar surface area (TPSA) is 101 Å². The maximum absolute atomic E-state index is 13.1. The van der Waals surface area contributed by atoms with Crippen molar-refractivity contribution in [3.05, 3.63) is 70.4 Å². The zero-order chi connectivity index (χ0) is 23.7. The minimum atomic E-state index is -1.27. The van der Waals surface area contributed by atoms with Crippen LogP contribution in [0.15, 0.2) is 53.4 Å². The predicted octanol–water partition coefficient (Wildman–Crippen LogP) is 3.37. The number of halogens is 1. The zero-order valence-corrected chi connectivity index (χ0v) is 18.1. The molecule has 4 amide bonds. The van der Waals surface area contributed by atoms with Crippen LogP contribution in [0.3, 0.4) is 0 Å². The van der Waals surface area contributed by atoms with Gasteiger partial charge in [-0.2, -0.15) is 0 Å². The zero-order valence-electron chi connectivity index (χ0n) is 17.3. The van der Waals surface area contributed by atoms with Crippen molar-refractivity contribution in [3.63, 3.8) is 0 Å². The first-order chi connectivity index (χ1) is 15.8. The molecule has 10 heteroatoms. The van der Waals surface area contributed by atoms with Crippen molar-refractivity contribution in [1.82, 2.24) is 4.90 Å². The monoisotopic (exact) mass is 468 g/mol. The number of anilines is 1. The first-order valence-electron chi connectivity index (χ1n) is 9.96. The van der Waals surface area contributed by atoms with Gasteiger partial charge in [-0.1, -0.05) is 12.1 Å². The van der Waals surface area contributed by atoms with Gasteiger partial charge in [0.15, 0.2) is 0 Å². The molecule has 8 nitrogen and oxygen atoms in total. The molecule has 4 rings (SSSR count). The van der Waals surface area contributed by atoms with Crippen molar-refractivity contribution in [2.45, 2.75) is 19.4 Å². The molecule has 2 fully saturated rings. The minimum absolute atomic E-state index is 0.0732. The molecule has 2 aromatic carbocycles. The molecule has 0 spiro atoms. The van der Waals surface area contributed by atoms with E-state index in [4.69, 9.17) is 4.74 Å². The van der Waals surface area contributed by atoms with Gasteiger partial charge >= 0.3 is 5.97 Å². The van der Waals surface area contributed by atoms with Gasteiger partial charge in [-0.05, 0) is 66.7 Å². The van der Waals surface area contributed by atoms with Crippen LogP contribution in [-0.4, -0.2) is 46.5 Å². The molecule has 2 aliphatic heterocycles. The lowest BCUT2D eigenvalue weighted by atomic mass is 10.2. The van der Waals surface area contributed by atoms with Crippen LogP contribution in [0.5, 0.6) is 0 Å². The van der Waals surface area contributed by atoms with Gasteiger partial charge in [0.2, 0.25) is 5.91 Å². The fraction of sp³-hybridized carbons (Fsp3) is 0.174. The summed E-state index contributed by atoms with van der Waals surface area (Å²) in [5.74, 6) is -2.96. The molecule has 0 aromatic heterocycles. The Morgan fingerprint density at radius 2 is 1.76 bits per heavy atom. The highest BCUT2D eigenvalue weighted by Gasteiger charge is 2.50. The lowest BCUT2D eigenvalue weighted by Gasteiger charge is -2.20. The molecule has 2 saturated heterocycles. The van der Waals surface area contributed by atoms with Crippen LogP contribution < -0.4 is 4.90 Å². The number of thioether (sulfide) groups is 1. The number of rotatable bonds is 5. The van der Waals surface area contributed by atoms with E-state index in [9.17, 15) is 28.4 Å². The summed E-state index contributed by atoms with van der Waals surface area (Å²) in [6.07, 6.45) is 1.08. The van der Waals surface area contributed by atoms with E-state index >= 15 is 0 Å². The summed E-state index contributed by atoms with van der Waals surface area (Å²) < 4.78 is 18.0. The number of carbonyl (C=O) groups is 5. The average Bonchev–Trinajstić information content (AvgIpc) is 3.23. The van der Waals surface area contributed by atoms with E-state index in [-0.39, 0.29) is 29.2 Å². The Bertz CT molecular complexity index is 1190. The summed E-state index contributed by atoms with van der Waals surface area (Å²) in [5.41, 5.74) is 0.988. The highest BCUT2D eigenvalue weighted by Crippen LogP contribution is 2.37. The molecule has 1 unspecified atom stereocenters. The number of imide groups is 2. The molecule has 168 valence electrons. The second kappa shape index (κ2) is 8.99. The van der Waals surface area contributed by atoms with Crippen molar-refractivity contribution in [3.8, 4) is 0 Å². The number of hydrogen-bond donors (Lipinski definition) is 0. The van der Waals surface area contributed by atoms with E-state index in [1.54, 1.807) is 6.92 Å². The molecule has 0 bridgehead atoms. The summed E-state index contributed by atoms with van der Waals surface area (Å²) >= 11 is 0.649. The molecular weight excluding hydrogens is 451 g/mol. The number of carbonyl (C=O) groups excluding carboxylic acids is 5. The first-order valence-corrected chi connectivity index (χ1v) is 10.8. The van der Waals surface area contributed by atoms with Crippen molar-refractivity contribution < 1.29 is 33.1 Å². The number of benzene rings is 2. The van der Waals surface area contributed by atoms with Gasteiger partial charge in [0.05, 0.1) is 29.2 Å². The number of nitrogens with zero attached hydrogens (tertiary/aromatic N) is 2. The number of hydrogen-bond acceptors (Lipinski definition) is 7. The van der Waals surface area contributed by atoms with Crippen LogP contribution in [-0.2, 0) is 19.1 Å². The predicted molar refractivity (Wildman–Crippen MR) is 118 cm³/mol. The van der Waals surface area contributed by atoms with Crippen LogP contribution in [0.1, 0.15) is 29.3 Å². The molecule has 2 aromatic rings. The van der Waals surface area contributed by atoms with Crippen molar-refractivity contribution in [2.75, 3.05) is 11.5 Å². The summed E-state index contributed by atoms with van der Waals surface area (Å²) in [4.78, 5) is 64.6. The van der Waals surface area contributed by atoms with Gasteiger partial charge in [-0.25, -0.2) is 14.1 Å². The van der Waals surface area contributed by atoms with Crippen LogP contribution >= 0.6 is 11.8 Å². The SMILES string of the molecule is CCOC(=O)c1ccc(N2C(=O)CC(N3C(=O)S/C(=C/c4ccc(F)cc4)C3=O)C2=O)cc1. The molecule has 2 heterocycles. The first kappa shape index (κ1) is 22.4. The standard InChI is InChI=1S/C23H17FN2O6S/c1-2-32-22(30)14-5-9-16(10-6-14)25-19(27)12-17(20(25)28)26-21(29)18(33-23(26)31)11-13-3-7-15(24)8-4-13/h3-11,17H,2,12H2,1H3/b18-11+. The Morgan fingerprint density at radius 3 is 2.39 bits per heavy atom. The Hall–Kier alpha value is -3.79. The van der Waals surface area contributed by atoms with Gasteiger partial charge in [-0.15, -0.1) is 0 Å². The second-order valence-corrected chi connectivity index (χ2v) is 8.15. The second-order valence-electron chi connectivity index (χ2n) is 7.16. The van der Waals surface area contributed by atoms with Crippen LogP contribution in [0, 0.1) is 5.82 Å². The fourth-order valence-electron chi connectivity index (χ4n) is 3.51. The van der Waals surface area contributed by atoms with E-state index in [1.165, 1.54) is 54.6 Å². The number of esters is 1. The fourth-order valence-corrected chi connectivity index (χ4v) is 4.39. The lowest BCUT2D eigenvalue weighted by molar-refractivity contribution is -0.130. The van der Waals surface area contributed by atoms with Gasteiger partial charge in [0, 0.05) is 0 Å². The van der Waals surface area contributed by atoms with Gasteiger partial charge in [0.25, 0.3) is 17.1 Å². The van der Waals surface area contributed by atoms with Crippen LogP contribution in [0.2, 0.25) is 0 Å². The molecule has 2 aliphatic rings. The van der Waals surface area contributed by atoms with Crippen LogP contribution in [0.25, 0.3) is 6.08 Å². The van der Waals surface area contributed by atoms with E-state index in [1.807, 2.05) is 0 Å². The molecule has 0 saturated carbocycles. The van der Waals surface area contributed by atoms with E-state index in [0.29, 0.717) is 17.3 Å². The Morgan fingerprint density at radius 1 is 1.09 bits per heavy atom. The Labute approximate surface area is 192 Å². The van der Waals surface area contributed by atoms with Gasteiger partial charge in [0.1, 0.15) is 11.9 Å². The Kier molecular flexibility index (Phi) is 6.10. The van der Waals surface area contributed by atoms with E-state index in [0.717, 1.165) is 9.80 Å². The molecule has 0 radical (unpaired) electrons. The van der Waals surface area contributed by atoms with E-state index < -0.39 is 40.8 Å². The number of ether oxygens (including phenoxy) is 1. The highest BCUT2D eigenvalue weighted by atomic mass is 32.2. The molecule has 0 aliphatic carbocycles. The maximum atomic E-state index is 13.1. The quantitative estimate of drug-likeness (QED) is 0.377. The van der Waals surface area contributed by atoms with Crippen molar-refractivity contribution in [2.24, 2.45) is 0 Å². The summed E-state index contributed by atoms with van der Waals surface area (Å²) in [6.45, 7) is 1.88. The Balaban J connectivity index is 1.54. The third kappa shape index (κ3) is 4.29. The van der Waals surface area contributed by atoms with Crippen molar-refractivity contribution in [1.29, 1.82) is 0 Å². The molecule has 1 atom stereocenters. The van der Waals surface area contributed by atoms with Gasteiger partial charge in [-0.3, -0.25) is 24.1 Å². The largest absolute Gasteiger partial charge is 0.462 e. The molecule has 33 heavy (non-hydrogen) atoms. The van der Waals surface area contributed by atoms with Crippen LogP contribution in [0.4, 0.5) is 14.9 Å². The molecular formula is C23H17FN2O6S. The van der Waals surface area contributed by atoms with Crippen molar-refractivity contribution >= 4 is 52.5 Å². The summed E-state index contributed by atoms with van der Waals surface area (Å²) in [6, 6.07) is 9.78. The maximum Gasteiger partial charge on any atom is 0.338 e. The summed E-state index contributed by atoms with van der Waals surface area (Å²) in [7, 11) is 0. The van der Waals surface area contributed by atoms with Gasteiger partial charge < -0.3 is 4.74 Å².